The van der Waals surface area contributed by atoms with Crippen LogP contribution in [0.25, 0.3) is 10.8 Å². The fourth-order valence-corrected chi connectivity index (χ4v) is 2.30. The number of benzene rings is 2. The van der Waals surface area contributed by atoms with Gasteiger partial charge in [-0.25, -0.2) is 0 Å². The number of Topliss-reactive ketones (excluding diaryl/α,β-unsaturated/α-hetero) is 1. The molecule has 0 heterocycles. The Morgan fingerprint density at radius 1 is 1.05 bits per heavy atom. The Bertz CT molecular complexity index is 676. The molecule has 0 bridgehead atoms. The molecule has 0 aliphatic heterocycles. The molecule has 0 N–H and O–H groups in total. The van der Waals surface area contributed by atoms with Crippen LogP contribution in [0.1, 0.15) is 25.3 Å². The first-order valence-electron chi connectivity index (χ1n) is 7.36. The van der Waals surface area contributed by atoms with Crippen LogP contribution in [-0.4, -0.2) is 25.5 Å². The van der Waals surface area contributed by atoms with Gasteiger partial charge in [-0.1, -0.05) is 24.3 Å². The molecular formula is C18H20O4. The molecule has 0 aliphatic rings. The van der Waals surface area contributed by atoms with Crippen molar-refractivity contribution in [3.8, 4) is 5.75 Å². The van der Waals surface area contributed by atoms with Crippen molar-refractivity contribution in [2.24, 2.45) is 0 Å². The molecule has 0 saturated heterocycles. The minimum absolute atomic E-state index is 0.0896. The highest BCUT2D eigenvalue weighted by Gasteiger charge is 2.10. The molecule has 2 aromatic carbocycles. The summed E-state index contributed by atoms with van der Waals surface area (Å²) >= 11 is 0. The van der Waals surface area contributed by atoms with Crippen LogP contribution in [0.5, 0.6) is 5.75 Å². The van der Waals surface area contributed by atoms with Crippen LogP contribution in [0, 0.1) is 0 Å². The molecule has 4 nitrogen and oxygen atoms in total. The topological polar surface area (TPSA) is 52.6 Å². The van der Waals surface area contributed by atoms with Gasteiger partial charge in [-0.15, -0.1) is 0 Å². The molecule has 0 fully saturated rings. The van der Waals surface area contributed by atoms with Gasteiger partial charge in [0.1, 0.15) is 18.0 Å². The van der Waals surface area contributed by atoms with Crippen LogP contribution in [0.2, 0.25) is 0 Å². The van der Waals surface area contributed by atoms with Crippen molar-refractivity contribution < 1.29 is 19.1 Å². The highest BCUT2D eigenvalue weighted by Crippen LogP contribution is 2.22. The lowest BCUT2D eigenvalue weighted by atomic mass is 10.0. The fourth-order valence-electron chi connectivity index (χ4n) is 2.30. The van der Waals surface area contributed by atoms with E-state index in [1.807, 2.05) is 30.3 Å². The number of rotatable bonds is 7. The summed E-state index contributed by atoms with van der Waals surface area (Å²) in [5.41, 5.74) is 1.08. The van der Waals surface area contributed by atoms with Crippen LogP contribution in [0.15, 0.2) is 36.4 Å². The molecule has 0 radical (unpaired) electrons. The molecule has 2 rings (SSSR count). The molecule has 0 saturated carbocycles. The molecule has 0 amide bonds. The van der Waals surface area contributed by atoms with E-state index in [4.69, 9.17) is 9.47 Å². The number of carbonyl (C=O) groups excluding carboxylic acids is 2. The molecule has 0 atom stereocenters. The van der Waals surface area contributed by atoms with Gasteiger partial charge >= 0.3 is 5.97 Å². The maximum atomic E-state index is 11.7. The number of fused-ring (bicyclic) bond motifs is 1. The van der Waals surface area contributed by atoms with Gasteiger partial charge in [0.2, 0.25) is 0 Å². The zero-order chi connectivity index (χ0) is 15.9. The van der Waals surface area contributed by atoms with Crippen molar-refractivity contribution in [2.45, 2.75) is 26.2 Å². The van der Waals surface area contributed by atoms with Crippen molar-refractivity contribution in [2.75, 3.05) is 13.7 Å². The normalized spacial score (nSPS) is 10.5. The smallest absolute Gasteiger partial charge is 0.313 e. The van der Waals surface area contributed by atoms with E-state index in [1.54, 1.807) is 14.0 Å². The quantitative estimate of drug-likeness (QED) is 0.581. The predicted molar refractivity (Wildman–Crippen MR) is 85.1 cm³/mol. The summed E-state index contributed by atoms with van der Waals surface area (Å²) in [7, 11) is 1.64. The van der Waals surface area contributed by atoms with Crippen molar-refractivity contribution >= 4 is 22.5 Å². The zero-order valence-electron chi connectivity index (χ0n) is 12.9. The second-order valence-corrected chi connectivity index (χ2v) is 5.07. The Balaban J connectivity index is 1.97. The number of hydrogen-bond donors (Lipinski definition) is 0. The summed E-state index contributed by atoms with van der Waals surface area (Å²) in [4.78, 5) is 23.0. The SMILES string of the molecule is CCOC(=O)CC(=O)CCc1ccc2cc(OC)ccc2c1. The monoisotopic (exact) mass is 300 g/mol. The van der Waals surface area contributed by atoms with Gasteiger partial charge in [0.25, 0.3) is 0 Å². The fraction of sp³-hybridized carbons (Fsp3) is 0.333. The third-order valence-electron chi connectivity index (χ3n) is 3.45. The van der Waals surface area contributed by atoms with Crippen LogP contribution in [-0.2, 0) is 20.7 Å². The second kappa shape index (κ2) is 7.59. The first kappa shape index (κ1) is 16.0. The summed E-state index contributed by atoms with van der Waals surface area (Å²) in [6.07, 6.45) is 0.833. The predicted octanol–water partition coefficient (Wildman–Crippen LogP) is 3.30. The maximum absolute atomic E-state index is 11.7. The van der Waals surface area contributed by atoms with Crippen LogP contribution in [0.3, 0.4) is 0 Å². The number of methoxy groups -OCH3 is 1. The van der Waals surface area contributed by atoms with Crippen molar-refractivity contribution in [1.29, 1.82) is 0 Å². The highest BCUT2D eigenvalue weighted by atomic mass is 16.5. The molecule has 0 unspecified atom stereocenters. The van der Waals surface area contributed by atoms with Gasteiger partial charge in [0.15, 0.2) is 0 Å². The van der Waals surface area contributed by atoms with Gasteiger partial charge in [-0.3, -0.25) is 9.59 Å². The number of carbonyl (C=O) groups is 2. The summed E-state index contributed by atoms with van der Waals surface area (Å²) in [5, 5.41) is 2.21. The van der Waals surface area contributed by atoms with E-state index in [1.165, 1.54) is 0 Å². The Morgan fingerprint density at radius 2 is 1.77 bits per heavy atom. The van der Waals surface area contributed by atoms with E-state index in [2.05, 4.69) is 6.07 Å². The van der Waals surface area contributed by atoms with E-state index in [0.29, 0.717) is 19.4 Å². The zero-order valence-corrected chi connectivity index (χ0v) is 12.9. The van der Waals surface area contributed by atoms with E-state index in [-0.39, 0.29) is 12.2 Å². The van der Waals surface area contributed by atoms with E-state index < -0.39 is 5.97 Å². The van der Waals surface area contributed by atoms with E-state index in [9.17, 15) is 9.59 Å². The Hall–Kier alpha value is -2.36. The first-order chi connectivity index (χ1) is 10.6. The Kier molecular flexibility index (Phi) is 5.53. The maximum Gasteiger partial charge on any atom is 0.313 e. The van der Waals surface area contributed by atoms with Gasteiger partial charge < -0.3 is 9.47 Å². The van der Waals surface area contributed by atoms with E-state index >= 15 is 0 Å². The summed E-state index contributed by atoms with van der Waals surface area (Å²) in [5.74, 6) is 0.288. The van der Waals surface area contributed by atoms with Crippen molar-refractivity contribution in [3.63, 3.8) is 0 Å². The number of ketones is 1. The second-order valence-electron chi connectivity index (χ2n) is 5.07. The lowest BCUT2D eigenvalue weighted by Crippen LogP contribution is -2.11. The van der Waals surface area contributed by atoms with Crippen LogP contribution >= 0.6 is 0 Å². The van der Waals surface area contributed by atoms with Crippen molar-refractivity contribution in [1.82, 2.24) is 0 Å². The Labute approximate surface area is 130 Å². The molecule has 4 heteroatoms. The van der Waals surface area contributed by atoms with Crippen molar-refractivity contribution in [3.05, 3.63) is 42.0 Å². The van der Waals surface area contributed by atoms with E-state index in [0.717, 1.165) is 22.1 Å². The summed E-state index contributed by atoms with van der Waals surface area (Å²) in [6, 6.07) is 12.0. The molecule has 0 spiro atoms. The standard InChI is InChI=1S/C18H20O4/c1-3-22-18(20)12-16(19)8-5-13-4-6-15-11-17(21-2)9-7-14(15)10-13/h4,6-7,9-11H,3,5,8,12H2,1-2H3. The molecule has 0 aliphatic carbocycles. The Morgan fingerprint density at radius 3 is 2.50 bits per heavy atom. The minimum atomic E-state index is -0.446. The van der Waals surface area contributed by atoms with Gasteiger partial charge in [-0.2, -0.15) is 0 Å². The molecule has 116 valence electrons. The molecule has 2 aromatic rings. The number of ether oxygens (including phenoxy) is 2. The summed E-state index contributed by atoms with van der Waals surface area (Å²) < 4.78 is 9.97. The molecule has 22 heavy (non-hydrogen) atoms. The lowest BCUT2D eigenvalue weighted by molar-refractivity contribution is -0.145. The minimum Gasteiger partial charge on any atom is -0.497 e. The average Bonchev–Trinajstić information content (AvgIpc) is 2.52. The number of hydrogen-bond acceptors (Lipinski definition) is 4. The molecule has 0 aromatic heterocycles. The van der Waals surface area contributed by atoms with Crippen LogP contribution in [0.4, 0.5) is 0 Å². The third kappa shape index (κ3) is 4.32. The van der Waals surface area contributed by atoms with Gasteiger partial charge in [-0.05, 0) is 41.8 Å². The number of aryl methyl sites for hydroxylation is 1. The third-order valence-corrected chi connectivity index (χ3v) is 3.45. The summed E-state index contributed by atoms with van der Waals surface area (Å²) in [6.45, 7) is 2.03. The van der Waals surface area contributed by atoms with Gasteiger partial charge in [0, 0.05) is 6.42 Å². The first-order valence-corrected chi connectivity index (χ1v) is 7.36. The lowest BCUT2D eigenvalue weighted by Gasteiger charge is -2.06. The highest BCUT2D eigenvalue weighted by molar-refractivity contribution is 5.95. The van der Waals surface area contributed by atoms with Gasteiger partial charge in [0.05, 0.1) is 13.7 Å². The number of esters is 1. The average molecular weight is 300 g/mol. The largest absolute Gasteiger partial charge is 0.497 e. The molecular weight excluding hydrogens is 280 g/mol. The van der Waals surface area contributed by atoms with Crippen LogP contribution < -0.4 is 4.74 Å².